The highest BCUT2D eigenvalue weighted by Crippen LogP contribution is 2.38. The van der Waals surface area contributed by atoms with Gasteiger partial charge in [0.05, 0.1) is 23.4 Å². The molecule has 29 heavy (non-hydrogen) atoms. The number of alkyl halides is 1. The number of carbonyl (C=O) groups is 1. The summed E-state index contributed by atoms with van der Waals surface area (Å²) in [5.41, 5.74) is 4.12. The molecule has 7 nitrogen and oxygen atoms in total. The maximum atomic E-state index is 15.2. The van der Waals surface area contributed by atoms with Crippen molar-refractivity contribution < 1.29 is 18.0 Å². The Bertz CT molecular complexity index is 1060. The molecule has 0 radical (unpaired) electrons. The van der Waals surface area contributed by atoms with Crippen LogP contribution in [0.2, 0.25) is 0 Å². The van der Waals surface area contributed by atoms with Crippen LogP contribution < -0.4 is 11.1 Å². The Balaban J connectivity index is 1.58. The molecule has 0 bridgehead atoms. The zero-order chi connectivity index (χ0) is 20.8. The summed E-state index contributed by atoms with van der Waals surface area (Å²) < 4.78 is 43.4. The summed E-state index contributed by atoms with van der Waals surface area (Å²) in [4.78, 5) is 21.9. The summed E-state index contributed by atoms with van der Waals surface area (Å²) in [6.45, 7) is -0.243. The molecular weight excluding hydrogens is 385 g/mol. The van der Waals surface area contributed by atoms with Crippen LogP contribution in [0.4, 0.5) is 18.9 Å². The van der Waals surface area contributed by atoms with Crippen molar-refractivity contribution in [3.05, 3.63) is 58.9 Å². The Morgan fingerprint density at radius 2 is 2.07 bits per heavy atom. The van der Waals surface area contributed by atoms with Gasteiger partial charge in [-0.3, -0.25) is 4.79 Å². The third-order valence-electron chi connectivity index (χ3n) is 5.08. The second kappa shape index (κ2) is 6.77. The van der Waals surface area contributed by atoms with Crippen molar-refractivity contribution in [1.29, 1.82) is 5.26 Å². The molecule has 148 valence electrons. The fraction of sp³-hybridized carbons (Fsp3) is 0.263. The fourth-order valence-corrected chi connectivity index (χ4v) is 3.54. The molecule has 0 aliphatic carbocycles. The van der Waals surface area contributed by atoms with Gasteiger partial charge in [-0.15, -0.1) is 0 Å². The number of hydrogen-bond acceptors (Lipinski definition) is 6. The largest absolute Gasteiger partial charge is 0.383 e. The number of rotatable bonds is 1. The van der Waals surface area contributed by atoms with E-state index in [1.54, 1.807) is 0 Å². The third-order valence-corrected chi connectivity index (χ3v) is 5.08. The first-order valence-electron chi connectivity index (χ1n) is 8.76. The number of amides is 1. The van der Waals surface area contributed by atoms with Crippen molar-refractivity contribution in [2.45, 2.75) is 18.3 Å². The van der Waals surface area contributed by atoms with Crippen LogP contribution in [-0.2, 0) is 0 Å². The average molecular weight is 400 g/mol. The Morgan fingerprint density at radius 1 is 1.31 bits per heavy atom. The molecule has 2 atom stereocenters. The molecule has 0 saturated carbocycles. The van der Waals surface area contributed by atoms with E-state index in [1.165, 1.54) is 23.2 Å². The van der Waals surface area contributed by atoms with Gasteiger partial charge in [0.15, 0.2) is 11.8 Å². The number of fused-ring (bicyclic) bond motifs is 1. The number of aliphatic imine (C=N–C) groups is 1. The van der Waals surface area contributed by atoms with Gasteiger partial charge in [-0.25, -0.2) is 23.1 Å². The van der Waals surface area contributed by atoms with Gasteiger partial charge in [-0.05, 0) is 24.3 Å². The van der Waals surface area contributed by atoms with E-state index >= 15 is 4.39 Å². The zero-order valence-electron chi connectivity index (χ0n) is 15.0. The summed E-state index contributed by atoms with van der Waals surface area (Å²) >= 11 is 0. The number of pyridine rings is 1. The topological polar surface area (TPSA) is 107 Å². The highest BCUT2D eigenvalue weighted by molar-refractivity contribution is 6.04. The molecule has 10 heteroatoms. The number of nitrogens with zero attached hydrogens (tertiary/aromatic N) is 4. The predicted molar refractivity (Wildman–Crippen MR) is 97.8 cm³/mol. The molecule has 1 saturated heterocycles. The van der Waals surface area contributed by atoms with E-state index in [0.717, 1.165) is 12.1 Å². The first kappa shape index (κ1) is 18.7. The second-order valence-electron chi connectivity index (χ2n) is 6.84. The number of amidine groups is 1. The van der Waals surface area contributed by atoms with Crippen molar-refractivity contribution in [3.63, 3.8) is 0 Å². The molecule has 1 aromatic carbocycles. The van der Waals surface area contributed by atoms with E-state index in [2.05, 4.69) is 15.3 Å². The number of nitrogens with two attached hydrogens (primary N) is 1. The monoisotopic (exact) mass is 400 g/mol. The summed E-state index contributed by atoms with van der Waals surface area (Å²) in [5, 5.41) is 11.5. The van der Waals surface area contributed by atoms with Gasteiger partial charge in [0.25, 0.3) is 5.91 Å². The molecule has 3 heterocycles. The first-order valence-corrected chi connectivity index (χ1v) is 8.76. The number of piperidine rings is 1. The van der Waals surface area contributed by atoms with Gasteiger partial charge in [-0.1, -0.05) is 0 Å². The van der Waals surface area contributed by atoms with Crippen molar-refractivity contribution >= 4 is 17.4 Å². The molecule has 2 unspecified atom stereocenters. The lowest BCUT2D eigenvalue weighted by Gasteiger charge is -2.44. The summed E-state index contributed by atoms with van der Waals surface area (Å²) in [5.74, 6) is -2.34. The van der Waals surface area contributed by atoms with E-state index in [1.807, 2.05) is 6.07 Å². The van der Waals surface area contributed by atoms with Gasteiger partial charge in [-0.2, -0.15) is 5.26 Å². The summed E-state index contributed by atoms with van der Waals surface area (Å²) in [7, 11) is 0. The normalized spacial score (nSPS) is 23.0. The molecule has 2 aromatic rings. The van der Waals surface area contributed by atoms with Gasteiger partial charge in [0.1, 0.15) is 29.2 Å². The predicted octanol–water partition coefficient (Wildman–Crippen LogP) is 1.94. The van der Waals surface area contributed by atoms with Gasteiger partial charge in [0, 0.05) is 19.2 Å². The number of hydrogen-bond donors (Lipinski definition) is 2. The van der Waals surface area contributed by atoms with Crippen molar-refractivity contribution in [2.75, 3.05) is 18.4 Å². The van der Waals surface area contributed by atoms with Gasteiger partial charge >= 0.3 is 0 Å². The fourth-order valence-electron chi connectivity index (χ4n) is 3.54. The highest BCUT2D eigenvalue weighted by atomic mass is 19.1. The number of nitrogens with one attached hydrogen (secondary N) is 1. The maximum Gasteiger partial charge on any atom is 0.272 e. The molecule has 2 aliphatic heterocycles. The van der Waals surface area contributed by atoms with Crippen LogP contribution in [0.25, 0.3) is 0 Å². The second-order valence-corrected chi connectivity index (χ2v) is 6.84. The smallest absolute Gasteiger partial charge is 0.272 e. The number of benzene rings is 1. The molecular formula is C19H15F3N6O. The molecule has 1 spiro atoms. The standard InChI is InChI=1S/C19H15F3N6O/c20-11-2-3-12(21)16-15(11)17(24)27-19(26-16)5-6-28(9-14(19)22)18(29)13-4-1-10(7-23)8-25-13/h1-4,8,14,26H,5-6,9H2,(H2,24,27). The van der Waals surface area contributed by atoms with E-state index in [-0.39, 0.29) is 42.3 Å². The minimum absolute atomic E-state index is 0.00766. The number of nitriles is 1. The number of aromatic nitrogens is 1. The average Bonchev–Trinajstić information content (AvgIpc) is 2.72. The number of likely N-dealkylation sites (tertiary alicyclic amines) is 1. The summed E-state index contributed by atoms with van der Waals surface area (Å²) in [6, 6.07) is 6.59. The number of halogens is 3. The molecule has 4 rings (SSSR count). The lowest BCUT2D eigenvalue weighted by molar-refractivity contribution is 0.0488. The van der Waals surface area contributed by atoms with Crippen LogP contribution in [0, 0.1) is 23.0 Å². The van der Waals surface area contributed by atoms with Crippen LogP contribution >= 0.6 is 0 Å². The van der Waals surface area contributed by atoms with Crippen LogP contribution in [0.3, 0.4) is 0 Å². The first-order chi connectivity index (χ1) is 13.8. The maximum absolute atomic E-state index is 15.2. The Kier molecular flexibility index (Phi) is 4.38. The number of anilines is 1. The Morgan fingerprint density at radius 3 is 2.72 bits per heavy atom. The van der Waals surface area contributed by atoms with E-state index < -0.39 is 29.4 Å². The van der Waals surface area contributed by atoms with Gasteiger partial charge in [0.2, 0.25) is 0 Å². The van der Waals surface area contributed by atoms with Crippen molar-refractivity contribution in [3.8, 4) is 6.07 Å². The lowest BCUT2D eigenvalue weighted by Crippen LogP contribution is -2.60. The number of carbonyl (C=O) groups excluding carboxylic acids is 1. The van der Waals surface area contributed by atoms with Crippen LogP contribution in [-0.4, -0.2) is 46.6 Å². The summed E-state index contributed by atoms with van der Waals surface area (Å²) in [6.07, 6.45) is -0.479. The van der Waals surface area contributed by atoms with E-state index in [4.69, 9.17) is 11.0 Å². The molecule has 1 aromatic heterocycles. The molecule has 3 N–H and O–H groups in total. The minimum atomic E-state index is -1.73. The SMILES string of the molecule is N#Cc1ccc(C(=O)N2CCC3(N=C(N)c4c(F)ccc(F)c4N3)C(F)C2)nc1. The van der Waals surface area contributed by atoms with Crippen LogP contribution in [0.5, 0.6) is 0 Å². The third kappa shape index (κ3) is 3.04. The van der Waals surface area contributed by atoms with Crippen LogP contribution in [0.1, 0.15) is 28.0 Å². The molecule has 1 fully saturated rings. The van der Waals surface area contributed by atoms with Crippen molar-refractivity contribution in [1.82, 2.24) is 9.88 Å². The van der Waals surface area contributed by atoms with E-state index in [9.17, 15) is 13.6 Å². The zero-order valence-corrected chi connectivity index (χ0v) is 15.0. The Labute approximate surface area is 163 Å². The van der Waals surface area contributed by atoms with Crippen LogP contribution in [0.15, 0.2) is 35.5 Å². The van der Waals surface area contributed by atoms with E-state index in [0.29, 0.717) is 5.56 Å². The van der Waals surface area contributed by atoms with Gasteiger partial charge < -0.3 is 16.0 Å². The highest BCUT2D eigenvalue weighted by Gasteiger charge is 2.48. The minimum Gasteiger partial charge on any atom is -0.383 e. The molecule has 2 aliphatic rings. The Hall–Kier alpha value is -3.61. The lowest BCUT2D eigenvalue weighted by atomic mass is 9.91. The molecule has 1 amide bonds. The quantitative estimate of drug-likeness (QED) is 0.761. The van der Waals surface area contributed by atoms with Crippen molar-refractivity contribution in [2.24, 2.45) is 10.7 Å².